The molecule has 0 aromatic heterocycles. The SMILES string of the molecule is O=C(O)C1CSC(c2ccc(OCc3ccccc3)cc2)N1C(=O)C1CC1. The molecule has 27 heavy (non-hydrogen) atoms. The lowest BCUT2D eigenvalue weighted by Gasteiger charge is -2.27. The van der Waals surface area contributed by atoms with Crippen molar-refractivity contribution in [3.63, 3.8) is 0 Å². The zero-order valence-electron chi connectivity index (χ0n) is 14.8. The van der Waals surface area contributed by atoms with Crippen LogP contribution in [0.15, 0.2) is 54.6 Å². The molecule has 6 heteroatoms. The zero-order chi connectivity index (χ0) is 18.8. The van der Waals surface area contributed by atoms with Crippen LogP contribution in [-0.4, -0.2) is 33.7 Å². The number of hydrogen-bond donors (Lipinski definition) is 1. The largest absolute Gasteiger partial charge is 0.489 e. The summed E-state index contributed by atoms with van der Waals surface area (Å²) in [6.07, 6.45) is 1.73. The van der Waals surface area contributed by atoms with Crippen LogP contribution in [0.4, 0.5) is 0 Å². The number of hydrogen-bond acceptors (Lipinski definition) is 4. The highest BCUT2D eigenvalue weighted by Crippen LogP contribution is 2.45. The van der Waals surface area contributed by atoms with E-state index in [1.807, 2.05) is 54.6 Å². The first-order chi connectivity index (χ1) is 13.1. The van der Waals surface area contributed by atoms with Gasteiger partial charge >= 0.3 is 5.97 Å². The van der Waals surface area contributed by atoms with Crippen LogP contribution < -0.4 is 4.74 Å². The van der Waals surface area contributed by atoms with Gasteiger partial charge < -0.3 is 14.7 Å². The maximum atomic E-state index is 12.7. The fraction of sp³-hybridized carbons (Fsp3) is 0.333. The lowest BCUT2D eigenvalue weighted by molar-refractivity contribution is -0.149. The van der Waals surface area contributed by atoms with Gasteiger partial charge in [0.25, 0.3) is 0 Å². The minimum absolute atomic E-state index is 0.00142. The predicted molar refractivity (Wildman–Crippen MR) is 103 cm³/mol. The zero-order valence-corrected chi connectivity index (χ0v) is 15.6. The molecule has 2 aromatic carbocycles. The average Bonchev–Trinajstić information content (AvgIpc) is 3.45. The minimum atomic E-state index is -0.929. The van der Waals surface area contributed by atoms with Gasteiger partial charge in [0.15, 0.2) is 0 Å². The van der Waals surface area contributed by atoms with Crippen molar-refractivity contribution in [2.45, 2.75) is 30.9 Å². The topological polar surface area (TPSA) is 66.8 Å². The number of thioether (sulfide) groups is 1. The number of carbonyl (C=O) groups is 2. The van der Waals surface area contributed by atoms with Gasteiger partial charge in [0.05, 0.1) is 0 Å². The van der Waals surface area contributed by atoms with Gasteiger partial charge in [-0.05, 0) is 36.1 Å². The van der Waals surface area contributed by atoms with Crippen LogP contribution in [0.3, 0.4) is 0 Å². The lowest BCUT2D eigenvalue weighted by Crippen LogP contribution is -2.43. The minimum Gasteiger partial charge on any atom is -0.489 e. The van der Waals surface area contributed by atoms with Crippen molar-refractivity contribution in [2.75, 3.05) is 5.75 Å². The van der Waals surface area contributed by atoms with Gasteiger partial charge in [0.1, 0.15) is 23.8 Å². The molecule has 1 amide bonds. The molecule has 1 saturated carbocycles. The van der Waals surface area contributed by atoms with Gasteiger partial charge in [-0.15, -0.1) is 11.8 Å². The molecule has 2 aliphatic rings. The predicted octanol–water partition coefficient (Wildman–Crippen LogP) is 3.70. The van der Waals surface area contributed by atoms with Gasteiger partial charge in [0.2, 0.25) is 5.91 Å². The van der Waals surface area contributed by atoms with E-state index in [1.54, 1.807) is 4.90 Å². The molecule has 2 fully saturated rings. The van der Waals surface area contributed by atoms with Crippen molar-refractivity contribution < 1.29 is 19.4 Å². The van der Waals surface area contributed by atoms with E-state index in [1.165, 1.54) is 11.8 Å². The molecule has 5 nitrogen and oxygen atoms in total. The average molecular weight is 383 g/mol. The number of nitrogens with zero attached hydrogens (tertiary/aromatic N) is 1. The molecule has 1 saturated heterocycles. The molecule has 0 radical (unpaired) electrons. The van der Waals surface area contributed by atoms with Crippen LogP contribution in [0.25, 0.3) is 0 Å². The fourth-order valence-electron chi connectivity index (χ4n) is 3.23. The Labute approximate surface area is 162 Å². The summed E-state index contributed by atoms with van der Waals surface area (Å²) in [5.74, 6) is 0.218. The van der Waals surface area contributed by atoms with Crippen molar-refractivity contribution in [1.29, 1.82) is 0 Å². The summed E-state index contributed by atoms with van der Waals surface area (Å²) in [6.45, 7) is 0.492. The Kier molecular flexibility index (Phi) is 5.07. The summed E-state index contributed by atoms with van der Waals surface area (Å²) in [5, 5.41) is 9.25. The first-order valence-corrected chi connectivity index (χ1v) is 10.1. The van der Waals surface area contributed by atoms with Crippen LogP contribution in [0.1, 0.15) is 29.3 Å². The molecular weight excluding hydrogens is 362 g/mol. The van der Waals surface area contributed by atoms with E-state index in [0.29, 0.717) is 12.4 Å². The summed E-state index contributed by atoms with van der Waals surface area (Å²) in [4.78, 5) is 25.8. The first kappa shape index (κ1) is 17.9. The van der Waals surface area contributed by atoms with Crippen LogP contribution in [0, 0.1) is 5.92 Å². The molecule has 1 aliphatic carbocycles. The number of aliphatic carboxylic acids is 1. The molecule has 0 spiro atoms. The number of ether oxygens (including phenoxy) is 1. The number of carbonyl (C=O) groups excluding carboxylic acids is 1. The fourth-order valence-corrected chi connectivity index (χ4v) is 4.66. The standard InChI is InChI=1S/C21H21NO4S/c23-19(15-6-7-15)22-18(21(24)25)13-27-20(22)16-8-10-17(11-9-16)26-12-14-4-2-1-3-5-14/h1-5,8-11,15,18,20H,6-7,12-13H2,(H,24,25). The van der Waals surface area contributed by atoms with Crippen molar-refractivity contribution in [3.05, 3.63) is 65.7 Å². The summed E-state index contributed by atoms with van der Waals surface area (Å²) >= 11 is 1.51. The number of amides is 1. The van der Waals surface area contributed by atoms with E-state index >= 15 is 0 Å². The highest BCUT2D eigenvalue weighted by atomic mass is 32.2. The van der Waals surface area contributed by atoms with Gasteiger partial charge in [0, 0.05) is 11.7 Å². The lowest BCUT2D eigenvalue weighted by atomic mass is 10.1. The summed E-state index contributed by atoms with van der Waals surface area (Å²) in [7, 11) is 0. The van der Waals surface area contributed by atoms with Crippen LogP contribution >= 0.6 is 11.8 Å². The molecule has 2 unspecified atom stereocenters. The number of carboxylic acids is 1. The molecule has 0 bridgehead atoms. The molecule has 140 valence electrons. The molecular formula is C21H21NO4S. The third kappa shape index (κ3) is 3.95. The molecule has 4 rings (SSSR count). The van der Waals surface area contributed by atoms with E-state index in [-0.39, 0.29) is 17.2 Å². The Morgan fingerprint density at radius 1 is 1.07 bits per heavy atom. The monoisotopic (exact) mass is 383 g/mol. The van der Waals surface area contributed by atoms with Crippen molar-refractivity contribution in [1.82, 2.24) is 4.90 Å². The van der Waals surface area contributed by atoms with E-state index in [0.717, 1.165) is 29.7 Å². The number of rotatable bonds is 6. The third-order valence-electron chi connectivity index (χ3n) is 4.88. The van der Waals surface area contributed by atoms with Gasteiger partial charge in [-0.2, -0.15) is 0 Å². The van der Waals surface area contributed by atoms with E-state index in [9.17, 15) is 14.7 Å². The third-order valence-corrected chi connectivity index (χ3v) is 6.20. The Morgan fingerprint density at radius 2 is 1.78 bits per heavy atom. The Morgan fingerprint density at radius 3 is 2.41 bits per heavy atom. The first-order valence-electron chi connectivity index (χ1n) is 9.07. The maximum absolute atomic E-state index is 12.7. The van der Waals surface area contributed by atoms with E-state index in [2.05, 4.69) is 0 Å². The van der Waals surface area contributed by atoms with Crippen LogP contribution in [0.2, 0.25) is 0 Å². The van der Waals surface area contributed by atoms with E-state index in [4.69, 9.17) is 4.74 Å². The highest BCUT2D eigenvalue weighted by Gasteiger charge is 2.46. The Balaban J connectivity index is 1.47. The van der Waals surface area contributed by atoms with E-state index < -0.39 is 12.0 Å². The highest BCUT2D eigenvalue weighted by molar-refractivity contribution is 7.99. The number of benzene rings is 2. The van der Waals surface area contributed by atoms with Crippen molar-refractivity contribution >= 4 is 23.6 Å². The van der Waals surface area contributed by atoms with Gasteiger partial charge in [-0.25, -0.2) is 4.79 Å². The second-order valence-electron chi connectivity index (χ2n) is 6.90. The van der Waals surface area contributed by atoms with Gasteiger partial charge in [-0.3, -0.25) is 4.79 Å². The second-order valence-corrected chi connectivity index (χ2v) is 8.02. The molecule has 1 N–H and O–H groups in total. The molecule has 1 heterocycles. The second kappa shape index (κ2) is 7.64. The smallest absolute Gasteiger partial charge is 0.327 e. The summed E-state index contributed by atoms with van der Waals surface area (Å²) in [6, 6.07) is 16.8. The molecule has 1 aliphatic heterocycles. The maximum Gasteiger partial charge on any atom is 0.327 e. The molecule has 2 atom stereocenters. The quantitative estimate of drug-likeness (QED) is 0.824. The summed E-state index contributed by atoms with van der Waals surface area (Å²) in [5.41, 5.74) is 2.03. The Hall–Kier alpha value is -2.47. The normalized spacial score (nSPS) is 21.9. The van der Waals surface area contributed by atoms with Crippen molar-refractivity contribution in [2.24, 2.45) is 5.92 Å². The summed E-state index contributed by atoms with van der Waals surface area (Å²) < 4.78 is 5.81. The Bertz CT molecular complexity index is 820. The van der Waals surface area contributed by atoms with Gasteiger partial charge in [-0.1, -0.05) is 42.5 Å². The van der Waals surface area contributed by atoms with Crippen LogP contribution in [0.5, 0.6) is 5.75 Å². The molecule has 2 aromatic rings. The van der Waals surface area contributed by atoms with Crippen molar-refractivity contribution in [3.8, 4) is 5.75 Å². The van der Waals surface area contributed by atoms with Crippen LogP contribution in [-0.2, 0) is 16.2 Å². The number of carboxylic acid groups (broad SMARTS) is 1.